The summed E-state index contributed by atoms with van der Waals surface area (Å²) in [6.45, 7) is 0. The molecule has 4 heteroatoms. The number of nitrogens with zero attached hydrogens (tertiary/aromatic N) is 2. The first-order chi connectivity index (χ1) is 28.7. The third-order valence-electron chi connectivity index (χ3n) is 12.4. The highest BCUT2D eigenvalue weighted by Crippen LogP contribution is 2.44. The molecule has 0 saturated carbocycles. The van der Waals surface area contributed by atoms with Gasteiger partial charge in [-0.05, 0) is 113 Å². The van der Waals surface area contributed by atoms with E-state index in [4.69, 9.17) is 4.42 Å². The lowest BCUT2D eigenvalue weighted by atomic mass is 9.99. The molecule has 0 aliphatic heterocycles. The average Bonchev–Trinajstić information content (AvgIpc) is 4.03. The second kappa shape index (κ2) is 12.2. The van der Waals surface area contributed by atoms with E-state index in [1.54, 1.807) is 0 Å². The zero-order valence-electron chi connectivity index (χ0n) is 31.4. The molecule has 1 aliphatic carbocycles. The van der Waals surface area contributed by atoms with E-state index in [9.17, 15) is 0 Å². The molecule has 3 nitrogen and oxygen atoms in total. The Hall–Kier alpha value is -7.14. The second-order valence-electron chi connectivity index (χ2n) is 15.6. The van der Waals surface area contributed by atoms with Crippen LogP contribution in [0.15, 0.2) is 180 Å². The van der Waals surface area contributed by atoms with Crippen molar-refractivity contribution in [2.75, 3.05) is 0 Å². The van der Waals surface area contributed by atoms with Gasteiger partial charge in [-0.25, -0.2) is 0 Å². The monoisotopic (exact) mass is 758 g/mol. The fraction of sp³-hybridized carbons (Fsp3) is 0.0370. The van der Waals surface area contributed by atoms with Crippen molar-refractivity contribution in [1.82, 2.24) is 9.13 Å². The van der Waals surface area contributed by atoms with Crippen LogP contribution < -0.4 is 0 Å². The smallest absolute Gasteiger partial charge is 0.136 e. The summed E-state index contributed by atoms with van der Waals surface area (Å²) in [5, 5.41) is 8.63. The number of hydrogen-bond donors (Lipinski definition) is 0. The number of para-hydroxylation sites is 2. The maximum Gasteiger partial charge on any atom is 0.136 e. The lowest BCUT2D eigenvalue weighted by molar-refractivity contribution is 0.669. The molecule has 0 fully saturated rings. The van der Waals surface area contributed by atoms with Crippen molar-refractivity contribution in [2.45, 2.75) is 12.8 Å². The van der Waals surface area contributed by atoms with Gasteiger partial charge in [0.2, 0.25) is 0 Å². The minimum atomic E-state index is 0.910. The van der Waals surface area contributed by atoms with E-state index in [1.807, 2.05) is 17.4 Å². The molecule has 0 bridgehead atoms. The fourth-order valence-corrected chi connectivity index (χ4v) is 11.0. The molecule has 0 saturated heterocycles. The Labute approximate surface area is 337 Å². The number of fused-ring (bicyclic) bond motifs is 12. The van der Waals surface area contributed by atoms with E-state index >= 15 is 0 Å². The van der Waals surface area contributed by atoms with Crippen molar-refractivity contribution in [3.8, 4) is 33.6 Å². The summed E-state index contributed by atoms with van der Waals surface area (Å²) in [4.78, 5) is 0. The van der Waals surface area contributed by atoms with Crippen molar-refractivity contribution in [1.29, 1.82) is 0 Å². The van der Waals surface area contributed by atoms with E-state index in [-0.39, 0.29) is 0 Å². The molecular weight excluding hydrogens is 725 g/mol. The van der Waals surface area contributed by atoms with Gasteiger partial charge in [0, 0.05) is 64.2 Å². The zero-order valence-corrected chi connectivity index (χ0v) is 32.3. The molecule has 1 aliphatic rings. The van der Waals surface area contributed by atoms with Crippen LogP contribution in [0.2, 0.25) is 0 Å². The van der Waals surface area contributed by atoms with Gasteiger partial charge in [0.05, 0.1) is 16.6 Å². The predicted octanol–water partition coefficient (Wildman–Crippen LogP) is 15.3. The highest BCUT2D eigenvalue weighted by Gasteiger charge is 2.21. The van der Waals surface area contributed by atoms with Crippen molar-refractivity contribution >= 4 is 92.2 Å². The Balaban J connectivity index is 0.993. The number of hydrogen-bond acceptors (Lipinski definition) is 2. The largest absolute Gasteiger partial charge is 0.456 e. The van der Waals surface area contributed by atoms with Gasteiger partial charge in [-0.15, -0.1) is 11.3 Å². The fourth-order valence-electron chi connectivity index (χ4n) is 9.73. The lowest BCUT2D eigenvalue weighted by Gasteiger charge is -2.12. The average molecular weight is 759 g/mol. The highest BCUT2D eigenvalue weighted by molar-refractivity contribution is 7.26. The molecule has 0 atom stereocenters. The van der Waals surface area contributed by atoms with Crippen molar-refractivity contribution in [2.24, 2.45) is 0 Å². The minimum Gasteiger partial charge on any atom is -0.456 e. The molecular formula is C54H34N2OS. The first-order valence-corrected chi connectivity index (χ1v) is 20.9. The molecule has 272 valence electrons. The molecule has 58 heavy (non-hydrogen) atoms. The second-order valence-corrected chi connectivity index (χ2v) is 16.6. The maximum absolute atomic E-state index is 6.48. The molecule has 0 radical (unpaired) electrons. The molecule has 0 spiro atoms. The molecule has 0 N–H and O–H groups in total. The van der Waals surface area contributed by atoms with E-state index in [0.29, 0.717) is 0 Å². The van der Waals surface area contributed by atoms with Gasteiger partial charge in [-0.3, -0.25) is 0 Å². The Morgan fingerprint density at radius 2 is 1.19 bits per heavy atom. The topological polar surface area (TPSA) is 23.0 Å². The summed E-state index contributed by atoms with van der Waals surface area (Å²) in [5.41, 5.74) is 15.4. The molecule has 0 unspecified atom stereocenters. The van der Waals surface area contributed by atoms with Crippen LogP contribution in [0.3, 0.4) is 0 Å². The van der Waals surface area contributed by atoms with Crippen LogP contribution in [-0.2, 0) is 6.42 Å². The van der Waals surface area contributed by atoms with Crippen LogP contribution in [0.1, 0.15) is 17.7 Å². The normalized spacial score (nSPS) is 13.0. The number of furan rings is 1. The standard InChI is InChI=1S/C54H34N2OS/c1-2-11-36(12-3-1)55-47-18-7-4-13-39(47)40-27-23-34(30-49(40)55)33-21-25-37(26-22-33)56-48-28-24-35(38-16-10-17-43-42-15-6-9-20-53(42)58-54(38)43)29-44(48)45-32-52-46(31-50(45)56)41-14-5-8-19-51(41)57-52/h1-3,5-12,14-32H,4,13H2. The molecule has 8 aromatic carbocycles. The summed E-state index contributed by atoms with van der Waals surface area (Å²) in [7, 11) is 0. The summed E-state index contributed by atoms with van der Waals surface area (Å²) in [5.74, 6) is 0. The Morgan fingerprint density at radius 3 is 2.10 bits per heavy atom. The number of aryl methyl sites for hydroxylation is 1. The maximum atomic E-state index is 6.48. The Morgan fingerprint density at radius 1 is 0.448 bits per heavy atom. The highest BCUT2D eigenvalue weighted by atomic mass is 32.1. The SMILES string of the molecule is C1=Cc2c(c3ccc(-c4ccc(-n5c6ccc(-c7cccc8c7sc7ccccc78)cc6c6cc7oc8ccccc8c7cc65)cc4)cc3n2-c2ccccc2)CC1. The third kappa shape index (κ3) is 4.61. The molecule has 12 aromatic rings. The van der Waals surface area contributed by atoms with E-state index in [2.05, 4.69) is 185 Å². The molecule has 13 rings (SSSR count). The molecule has 4 heterocycles. The van der Waals surface area contributed by atoms with E-state index < -0.39 is 0 Å². The summed E-state index contributed by atoms with van der Waals surface area (Å²) in [6, 6.07) is 62.4. The number of allylic oxidation sites excluding steroid dienone is 1. The summed E-state index contributed by atoms with van der Waals surface area (Å²) in [6.07, 6.45) is 6.76. The van der Waals surface area contributed by atoms with Crippen LogP contribution in [0.4, 0.5) is 0 Å². The summed E-state index contributed by atoms with van der Waals surface area (Å²) >= 11 is 1.88. The number of aromatic nitrogens is 2. The number of benzene rings is 8. The van der Waals surface area contributed by atoms with Crippen LogP contribution in [0.25, 0.3) is 115 Å². The first kappa shape index (κ1) is 32.0. The zero-order chi connectivity index (χ0) is 37.9. The molecule has 4 aromatic heterocycles. The third-order valence-corrected chi connectivity index (χ3v) is 13.6. The summed E-state index contributed by atoms with van der Waals surface area (Å²) < 4.78 is 14.0. The van der Waals surface area contributed by atoms with E-state index in [0.717, 1.165) is 40.5 Å². The van der Waals surface area contributed by atoms with Gasteiger partial charge >= 0.3 is 0 Å². The first-order valence-electron chi connectivity index (χ1n) is 20.1. The van der Waals surface area contributed by atoms with Crippen molar-refractivity contribution < 1.29 is 4.42 Å². The van der Waals surface area contributed by atoms with Gasteiger partial charge < -0.3 is 13.6 Å². The predicted molar refractivity (Wildman–Crippen MR) is 246 cm³/mol. The molecule has 0 amide bonds. The van der Waals surface area contributed by atoms with Crippen LogP contribution >= 0.6 is 11.3 Å². The Kier molecular flexibility index (Phi) is 6.72. The van der Waals surface area contributed by atoms with Gasteiger partial charge in [0.15, 0.2) is 0 Å². The van der Waals surface area contributed by atoms with Crippen LogP contribution in [0.5, 0.6) is 0 Å². The quantitative estimate of drug-likeness (QED) is 0.175. The number of thiophene rings is 1. The van der Waals surface area contributed by atoms with Crippen molar-refractivity contribution in [3.63, 3.8) is 0 Å². The van der Waals surface area contributed by atoms with E-state index in [1.165, 1.54) is 92.1 Å². The van der Waals surface area contributed by atoms with Crippen LogP contribution in [0, 0.1) is 0 Å². The van der Waals surface area contributed by atoms with Gasteiger partial charge in [-0.2, -0.15) is 0 Å². The van der Waals surface area contributed by atoms with Gasteiger partial charge in [-0.1, -0.05) is 109 Å². The Bertz CT molecular complexity index is 3670. The van der Waals surface area contributed by atoms with Crippen molar-refractivity contribution in [3.05, 3.63) is 187 Å². The van der Waals surface area contributed by atoms with Gasteiger partial charge in [0.1, 0.15) is 11.2 Å². The lowest BCUT2D eigenvalue weighted by Crippen LogP contribution is -1.99. The van der Waals surface area contributed by atoms with Crippen LogP contribution in [-0.4, -0.2) is 9.13 Å². The number of rotatable bonds is 4. The minimum absolute atomic E-state index is 0.910. The van der Waals surface area contributed by atoms with Gasteiger partial charge in [0.25, 0.3) is 0 Å².